The number of amides is 1. The highest BCUT2D eigenvalue weighted by Crippen LogP contribution is 2.28. The summed E-state index contributed by atoms with van der Waals surface area (Å²) in [6.07, 6.45) is 0.345. The van der Waals surface area contributed by atoms with Crippen LogP contribution < -0.4 is 19.5 Å². The number of hydrogen-bond donors (Lipinski definition) is 1. The van der Waals surface area contributed by atoms with Crippen molar-refractivity contribution in [3.8, 4) is 17.2 Å². The van der Waals surface area contributed by atoms with Crippen molar-refractivity contribution in [2.24, 2.45) is 0 Å². The molecule has 0 heterocycles. The SMILES string of the molecule is CCCOc1ccc(CNC(=O)C(C)Oc2ccc(C(C)C)cc2)cc1OC. The van der Waals surface area contributed by atoms with E-state index in [1.807, 2.05) is 42.5 Å². The Kier molecular flexibility index (Phi) is 8.18. The molecule has 152 valence electrons. The molecule has 1 unspecified atom stereocenters. The van der Waals surface area contributed by atoms with E-state index in [0.717, 1.165) is 12.0 Å². The Balaban J connectivity index is 1.90. The van der Waals surface area contributed by atoms with Crippen molar-refractivity contribution in [3.63, 3.8) is 0 Å². The molecule has 0 aromatic heterocycles. The van der Waals surface area contributed by atoms with Crippen LogP contribution in [0.4, 0.5) is 0 Å². The predicted octanol–water partition coefficient (Wildman–Crippen LogP) is 4.69. The van der Waals surface area contributed by atoms with Crippen LogP contribution in [-0.4, -0.2) is 25.7 Å². The van der Waals surface area contributed by atoms with Gasteiger partial charge in [0.2, 0.25) is 0 Å². The van der Waals surface area contributed by atoms with E-state index in [9.17, 15) is 4.79 Å². The molecule has 0 aliphatic carbocycles. The van der Waals surface area contributed by atoms with Gasteiger partial charge in [-0.3, -0.25) is 4.79 Å². The van der Waals surface area contributed by atoms with E-state index in [0.29, 0.717) is 36.3 Å². The van der Waals surface area contributed by atoms with Crippen LogP contribution in [-0.2, 0) is 11.3 Å². The second-order valence-electron chi connectivity index (χ2n) is 7.04. The molecule has 1 amide bonds. The molecule has 2 aromatic rings. The molecular weight excluding hydrogens is 354 g/mol. The predicted molar refractivity (Wildman–Crippen MR) is 111 cm³/mol. The zero-order valence-electron chi connectivity index (χ0n) is 17.5. The fourth-order valence-corrected chi connectivity index (χ4v) is 2.68. The molecule has 1 N–H and O–H groups in total. The summed E-state index contributed by atoms with van der Waals surface area (Å²) in [5.41, 5.74) is 2.17. The number of carbonyl (C=O) groups is 1. The maximum absolute atomic E-state index is 12.4. The second-order valence-corrected chi connectivity index (χ2v) is 7.04. The topological polar surface area (TPSA) is 56.8 Å². The quantitative estimate of drug-likeness (QED) is 0.644. The summed E-state index contributed by atoms with van der Waals surface area (Å²) in [4.78, 5) is 12.4. The molecule has 0 aliphatic heterocycles. The van der Waals surface area contributed by atoms with Crippen molar-refractivity contribution in [1.82, 2.24) is 5.32 Å². The Morgan fingerprint density at radius 1 is 1.04 bits per heavy atom. The maximum atomic E-state index is 12.4. The van der Waals surface area contributed by atoms with Crippen LogP contribution in [0.1, 0.15) is 51.2 Å². The fourth-order valence-electron chi connectivity index (χ4n) is 2.68. The largest absolute Gasteiger partial charge is 0.493 e. The number of hydrogen-bond acceptors (Lipinski definition) is 4. The second kappa shape index (κ2) is 10.6. The molecule has 1 atom stereocenters. The van der Waals surface area contributed by atoms with E-state index in [1.54, 1.807) is 14.0 Å². The molecule has 0 aliphatic rings. The van der Waals surface area contributed by atoms with Gasteiger partial charge in [0.05, 0.1) is 13.7 Å². The normalized spacial score (nSPS) is 11.8. The van der Waals surface area contributed by atoms with Crippen molar-refractivity contribution in [2.75, 3.05) is 13.7 Å². The highest BCUT2D eigenvalue weighted by Gasteiger charge is 2.15. The standard InChI is InChI=1S/C23H31NO4/c1-6-13-27-21-12-7-18(14-22(21)26-5)15-24-23(25)17(4)28-20-10-8-19(9-11-20)16(2)3/h7-12,14,16-17H,6,13,15H2,1-5H3,(H,24,25). The van der Waals surface area contributed by atoms with E-state index in [2.05, 4.69) is 26.1 Å². The first-order chi connectivity index (χ1) is 13.4. The smallest absolute Gasteiger partial charge is 0.261 e. The summed E-state index contributed by atoms with van der Waals surface area (Å²) in [6, 6.07) is 13.5. The lowest BCUT2D eigenvalue weighted by atomic mass is 10.0. The van der Waals surface area contributed by atoms with E-state index < -0.39 is 6.10 Å². The Morgan fingerprint density at radius 2 is 1.75 bits per heavy atom. The van der Waals surface area contributed by atoms with Crippen molar-refractivity contribution in [1.29, 1.82) is 0 Å². The molecule has 28 heavy (non-hydrogen) atoms. The molecule has 0 radical (unpaired) electrons. The molecule has 5 heteroatoms. The summed E-state index contributed by atoms with van der Waals surface area (Å²) < 4.78 is 16.8. The third-order valence-electron chi connectivity index (χ3n) is 4.39. The third-order valence-corrected chi connectivity index (χ3v) is 4.39. The average molecular weight is 386 g/mol. The van der Waals surface area contributed by atoms with E-state index in [-0.39, 0.29) is 5.91 Å². The van der Waals surface area contributed by atoms with Crippen molar-refractivity contribution < 1.29 is 19.0 Å². The van der Waals surface area contributed by atoms with Crippen LogP contribution in [0.3, 0.4) is 0 Å². The average Bonchev–Trinajstić information content (AvgIpc) is 2.70. The lowest BCUT2D eigenvalue weighted by Gasteiger charge is -2.16. The lowest BCUT2D eigenvalue weighted by Crippen LogP contribution is -2.35. The van der Waals surface area contributed by atoms with Gasteiger partial charge in [-0.2, -0.15) is 0 Å². The molecule has 0 spiro atoms. The van der Waals surface area contributed by atoms with E-state index in [1.165, 1.54) is 5.56 Å². The summed E-state index contributed by atoms with van der Waals surface area (Å²) in [6.45, 7) is 9.11. The van der Waals surface area contributed by atoms with Gasteiger partial charge < -0.3 is 19.5 Å². The summed E-state index contributed by atoms with van der Waals surface area (Å²) >= 11 is 0. The lowest BCUT2D eigenvalue weighted by molar-refractivity contribution is -0.127. The van der Waals surface area contributed by atoms with Gasteiger partial charge in [0.15, 0.2) is 17.6 Å². The van der Waals surface area contributed by atoms with Gasteiger partial charge in [-0.25, -0.2) is 0 Å². The van der Waals surface area contributed by atoms with E-state index in [4.69, 9.17) is 14.2 Å². The molecule has 0 fully saturated rings. The maximum Gasteiger partial charge on any atom is 0.261 e. The monoisotopic (exact) mass is 385 g/mol. The zero-order chi connectivity index (χ0) is 20.5. The van der Waals surface area contributed by atoms with Crippen LogP contribution in [0.25, 0.3) is 0 Å². The third kappa shape index (κ3) is 6.19. The summed E-state index contributed by atoms with van der Waals surface area (Å²) in [5, 5.41) is 2.90. The van der Waals surface area contributed by atoms with Gasteiger partial charge in [0.1, 0.15) is 5.75 Å². The minimum atomic E-state index is -0.584. The van der Waals surface area contributed by atoms with Crippen LogP contribution >= 0.6 is 0 Å². The molecule has 0 saturated carbocycles. The highest BCUT2D eigenvalue weighted by atomic mass is 16.5. The Bertz CT molecular complexity index is 756. The Morgan fingerprint density at radius 3 is 2.36 bits per heavy atom. The Labute approximate surface area is 168 Å². The van der Waals surface area contributed by atoms with Gasteiger partial charge in [-0.05, 0) is 54.7 Å². The minimum absolute atomic E-state index is 0.168. The van der Waals surface area contributed by atoms with Crippen LogP contribution in [0, 0.1) is 0 Å². The number of carbonyl (C=O) groups excluding carboxylic acids is 1. The molecule has 5 nitrogen and oxygen atoms in total. The van der Waals surface area contributed by atoms with Gasteiger partial charge >= 0.3 is 0 Å². The first kappa shape index (κ1) is 21.6. The van der Waals surface area contributed by atoms with Crippen LogP contribution in [0.5, 0.6) is 17.2 Å². The summed E-state index contributed by atoms with van der Waals surface area (Å²) in [5.74, 6) is 2.35. The van der Waals surface area contributed by atoms with Crippen LogP contribution in [0.2, 0.25) is 0 Å². The van der Waals surface area contributed by atoms with Gasteiger partial charge in [0.25, 0.3) is 5.91 Å². The van der Waals surface area contributed by atoms with E-state index >= 15 is 0 Å². The molecule has 2 rings (SSSR count). The molecule has 2 aromatic carbocycles. The first-order valence-electron chi connectivity index (χ1n) is 9.78. The number of methoxy groups -OCH3 is 1. The molecular formula is C23H31NO4. The van der Waals surface area contributed by atoms with Crippen molar-refractivity contribution >= 4 is 5.91 Å². The van der Waals surface area contributed by atoms with Gasteiger partial charge in [-0.15, -0.1) is 0 Å². The fraction of sp³-hybridized carbons (Fsp3) is 0.435. The zero-order valence-corrected chi connectivity index (χ0v) is 17.5. The number of rotatable bonds is 10. The highest BCUT2D eigenvalue weighted by molar-refractivity contribution is 5.80. The molecule has 0 bridgehead atoms. The van der Waals surface area contributed by atoms with Gasteiger partial charge in [-0.1, -0.05) is 39.0 Å². The number of ether oxygens (including phenoxy) is 3. The Hall–Kier alpha value is -2.69. The summed E-state index contributed by atoms with van der Waals surface area (Å²) in [7, 11) is 1.61. The van der Waals surface area contributed by atoms with Crippen molar-refractivity contribution in [3.05, 3.63) is 53.6 Å². The van der Waals surface area contributed by atoms with Crippen molar-refractivity contribution in [2.45, 2.75) is 52.7 Å². The minimum Gasteiger partial charge on any atom is -0.493 e. The van der Waals surface area contributed by atoms with Crippen LogP contribution in [0.15, 0.2) is 42.5 Å². The number of nitrogens with one attached hydrogen (secondary N) is 1. The number of benzene rings is 2. The van der Waals surface area contributed by atoms with Gasteiger partial charge in [0, 0.05) is 6.54 Å². The first-order valence-corrected chi connectivity index (χ1v) is 9.78. The molecule has 0 saturated heterocycles.